The lowest BCUT2D eigenvalue weighted by molar-refractivity contribution is -0.127. The average molecular weight is 389 g/mol. The lowest BCUT2D eigenvalue weighted by Gasteiger charge is -2.31. The van der Waals surface area contributed by atoms with E-state index in [1.54, 1.807) is 19.6 Å². The molecule has 0 aliphatic heterocycles. The van der Waals surface area contributed by atoms with Gasteiger partial charge in [0, 0.05) is 18.9 Å². The quantitative estimate of drug-likeness (QED) is 0.657. The van der Waals surface area contributed by atoms with Gasteiger partial charge in [-0.05, 0) is 36.1 Å². The van der Waals surface area contributed by atoms with Gasteiger partial charge in [0.25, 0.3) is 0 Å². The maximum atomic E-state index is 13.7. The largest absolute Gasteiger partial charge is 0.497 e. The van der Waals surface area contributed by atoms with E-state index in [0.717, 1.165) is 42.6 Å². The molecule has 1 heterocycles. The molecule has 0 radical (unpaired) electrons. The van der Waals surface area contributed by atoms with E-state index in [2.05, 4.69) is 22.4 Å². The number of nitrogens with one attached hydrogen (secondary N) is 1. The Bertz CT molecular complexity index is 915. The standard InChI is InChI=1S/C24H27N3O2/c1-29-21-11-9-20(10-12-21)24(13-5-6-14-24)23(28)26-22(17-27-16-15-25-18-27)19-7-3-2-4-8-19/h2-4,7-12,15-16,18,22H,5-6,13-14,17H2,1H3,(H,26,28). The minimum atomic E-state index is -0.478. The maximum absolute atomic E-state index is 13.7. The van der Waals surface area contributed by atoms with Crippen LogP contribution < -0.4 is 10.1 Å². The molecule has 1 fully saturated rings. The molecule has 1 aliphatic rings. The Morgan fingerprint density at radius 1 is 1.14 bits per heavy atom. The molecule has 5 heteroatoms. The number of carbonyl (C=O) groups is 1. The summed E-state index contributed by atoms with van der Waals surface area (Å²) >= 11 is 0. The molecule has 1 amide bonds. The van der Waals surface area contributed by atoms with Crippen molar-refractivity contribution in [1.82, 2.24) is 14.9 Å². The Hall–Kier alpha value is -3.08. The highest BCUT2D eigenvalue weighted by Crippen LogP contribution is 2.42. The van der Waals surface area contributed by atoms with Crippen molar-refractivity contribution in [3.63, 3.8) is 0 Å². The Kier molecular flexibility index (Phi) is 5.65. The molecule has 150 valence electrons. The average Bonchev–Trinajstić information content (AvgIpc) is 3.47. The predicted molar refractivity (Wildman–Crippen MR) is 113 cm³/mol. The minimum absolute atomic E-state index is 0.106. The van der Waals surface area contributed by atoms with Crippen LogP contribution in [0, 0.1) is 0 Å². The van der Waals surface area contributed by atoms with E-state index < -0.39 is 5.41 Å². The number of amides is 1. The van der Waals surface area contributed by atoms with Gasteiger partial charge in [-0.25, -0.2) is 4.98 Å². The van der Waals surface area contributed by atoms with Crippen molar-refractivity contribution in [1.29, 1.82) is 0 Å². The van der Waals surface area contributed by atoms with E-state index in [1.165, 1.54) is 0 Å². The number of carbonyl (C=O) groups excluding carboxylic acids is 1. The summed E-state index contributed by atoms with van der Waals surface area (Å²) in [6, 6.07) is 18.0. The molecule has 0 spiro atoms. The summed E-state index contributed by atoms with van der Waals surface area (Å²) in [4.78, 5) is 17.8. The summed E-state index contributed by atoms with van der Waals surface area (Å²) in [6.45, 7) is 0.647. The van der Waals surface area contributed by atoms with Crippen LogP contribution in [-0.4, -0.2) is 22.6 Å². The molecule has 1 aliphatic carbocycles. The molecule has 5 nitrogen and oxygen atoms in total. The third kappa shape index (κ3) is 4.04. The van der Waals surface area contributed by atoms with Gasteiger partial charge in [0.15, 0.2) is 0 Å². The van der Waals surface area contributed by atoms with Crippen LogP contribution in [0.15, 0.2) is 73.3 Å². The fourth-order valence-electron chi connectivity index (χ4n) is 4.36. The highest BCUT2D eigenvalue weighted by atomic mass is 16.5. The summed E-state index contributed by atoms with van der Waals surface area (Å²) in [6.07, 6.45) is 9.36. The van der Waals surface area contributed by atoms with E-state index in [4.69, 9.17) is 4.74 Å². The summed E-state index contributed by atoms with van der Waals surface area (Å²) in [5.74, 6) is 0.915. The Morgan fingerprint density at radius 2 is 1.86 bits per heavy atom. The normalized spacial score (nSPS) is 16.3. The third-order valence-corrected chi connectivity index (χ3v) is 5.99. The fourth-order valence-corrected chi connectivity index (χ4v) is 4.36. The number of rotatable bonds is 7. The highest BCUT2D eigenvalue weighted by Gasteiger charge is 2.43. The Balaban J connectivity index is 1.62. The van der Waals surface area contributed by atoms with Crippen molar-refractivity contribution >= 4 is 5.91 Å². The molecule has 2 aromatic carbocycles. The molecular weight excluding hydrogens is 362 g/mol. The van der Waals surface area contributed by atoms with Crippen LogP contribution in [0.2, 0.25) is 0 Å². The monoisotopic (exact) mass is 389 g/mol. The number of imidazole rings is 1. The van der Waals surface area contributed by atoms with Gasteiger partial charge in [0.2, 0.25) is 5.91 Å². The molecule has 3 aromatic rings. The maximum Gasteiger partial charge on any atom is 0.231 e. The van der Waals surface area contributed by atoms with Crippen LogP contribution in [0.3, 0.4) is 0 Å². The molecule has 1 aromatic heterocycles. The first kappa shape index (κ1) is 19.2. The second-order valence-corrected chi connectivity index (χ2v) is 7.71. The van der Waals surface area contributed by atoms with Gasteiger partial charge >= 0.3 is 0 Å². The number of benzene rings is 2. The predicted octanol–water partition coefficient (Wildman–Crippen LogP) is 4.26. The molecule has 0 bridgehead atoms. The first-order chi connectivity index (χ1) is 14.2. The summed E-state index contributed by atoms with van der Waals surface area (Å²) in [7, 11) is 1.66. The van der Waals surface area contributed by atoms with Crippen LogP contribution in [0.1, 0.15) is 42.9 Å². The van der Waals surface area contributed by atoms with Crippen molar-refractivity contribution in [2.75, 3.05) is 7.11 Å². The van der Waals surface area contributed by atoms with E-state index >= 15 is 0 Å². The number of methoxy groups -OCH3 is 1. The zero-order chi connectivity index (χ0) is 20.1. The molecule has 1 N–H and O–H groups in total. The smallest absolute Gasteiger partial charge is 0.231 e. The number of nitrogens with zero attached hydrogens (tertiary/aromatic N) is 2. The highest BCUT2D eigenvalue weighted by molar-refractivity contribution is 5.89. The van der Waals surface area contributed by atoms with Crippen molar-refractivity contribution in [3.8, 4) is 5.75 Å². The fraction of sp³-hybridized carbons (Fsp3) is 0.333. The van der Waals surface area contributed by atoms with E-state index in [1.807, 2.05) is 53.2 Å². The zero-order valence-corrected chi connectivity index (χ0v) is 16.8. The van der Waals surface area contributed by atoms with Crippen LogP contribution >= 0.6 is 0 Å². The van der Waals surface area contributed by atoms with Crippen LogP contribution in [0.25, 0.3) is 0 Å². The van der Waals surface area contributed by atoms with Gasteiger partial charge < -0.3 is 14.6 Å². The second-order valence-electron chi connectivity index (χ2n) is 7.71. The van der Waals surface area contributed by atoms with Gasteiger partial charge in [-0.2, -0.15) is 0 Å². The van der Waals surface area contributed by atoms with E-state index in [9.17, 15) is 4.79 Å². The minimum Gasteiger partial charge on any atom is -0.497 e. The number of hydrogen-bond acceptors (Lipinski definition) is 3. The summed E-state index contributed by atoms with van der Waals surface area (Å²) < 4.78 is 7.30. The van der Waals surface area contributed by atoms with Gasteiger partial charge in [-0.15, -0.1) is 0 Å². The lowest BCUT2D eigenvalue weighted by atomic mass is 9.77. The first-order valence-corrected chi connectivity index (χ1v) is 10.2. The van der Waals surface area contributed by atoms with Gasteiger partial charge in [0.1, 0.15) is 5.75 Å². The Labute approximate surface area is 171 Å². The van der Waals surface area contributed by atoms with Crippen LogP contribution in [0.5, 0.6) is 5.75 Å². The topological polar surface area (TPSA) is 56.1 Å². The molecule has 4 rings (SSSR count). The van der Waals surface area contributed by atoms with Crippen LogP contribution in [0.4, 0.5) is 0 Å². The first-order valence-electron chi connectivity index (χ1n) is 10.2. The number of ether oxygens (including phenoxy) is 1. The van der Waals surface area contributed by atoms with Crippen molar-refractivity contribution in [3.05, 3.63) is 84.4 Å². The van der Waals surface area contributed by atoms with Crippen LogP contribution in [-0.2, 0) is 16.8 Å². The molecule has 0 saturated heterocycles. The van der Waals surface area contributed by atoms with Gasteiger partial charge in [-0.3, -0.25) is 4.79 Å². The molecule has 1 saturated carbocycles. The lowest BCUT2D eigenvalue weighted by Crippen LogP contribution is -2.45. The van der Waals surface area contributed by atoms with Gasteiger partial charge in [0.05, 0.1) is 24.9 Å². The Morgan fingerprint density at radius 3 is 2.48 bits per heavy atom. The molecular formula is C24H27N3O2. The van der Waals surface area contributed by atoms with Crippen molar-refractivity contribution < 1.29 is 9.53 Å². The van der Waals surface area contributed by atoms with Crippen molar-refractivity contribution in [2.24, 2.45) is 0 Å². The number of hydrogen-bond donors (Lipinski definition) is 1. The zero-order valence-electron chi connectivity index (χ0n) is 16.8. The summed E-state index contributed by atoms with van der Waals surface area (Å²) in [5, 5.41) is 3.36. The third-order valence-electron chi connectivity index (χ3n) is 5.99. The molecule has 29 heavy (non-hydrogen) atoms. The molecule has 1 atom stereocenters. The second kappa shape index (κ2) is 8.52. The SMILES string of the molecule is COc1ccc(C2(C(=O)NC(Cn3ccnc3)c3ccccc3)CCCC2)cc1. The van der Waals surface area contributed by atoms with Crippen molar-refractivity contribution in [2.45, 2.75) is 43.7 Å². The van der Waals surface area contributed by atoms with Gasteiger partial charge in [-0.1, -0.05) is 55.3 Å². The van der Waals surface area contributed by atoms with E-state index in [0.29, 0.717) is 6.54 Å². The van der Waals surface area contributed by atoms with E-state index in [-0.39, 0.29) is 11.9 Å². The molecule has 1 unspecified atom stereocenters. The summed E-state index contributed by atoms with van der Waals surface area (Å²) in [5.41, 5.74) is 1.69. The number of aromatic nitrogens is 2.